The van der Waals surface area contributed by atoms with Gasteiger partial charge in [0.05, 0.1) is 6.34 Å². The molecule has 0 aliphatic carbocycles. The SMILES string of the molecule is Cc1cc(-c2ccccc2)sc1C1N=CNc2ccccc21.Cl. The van der Waals surface area contributed by atoms with Crippen LogP contribution in [0.15, 0.2) is 65.7 Å². The third-order valence-electron chi connectivity index (χ3n) is 3.96. The number of para-hydroxylation sites is 1. The Morgan fingerprint density at radius 1 is 1.00 bits per heavy atom. The second-order valence-electron chi connectivity index (χ2n) is 5.44. The van der Waals surface area contributed by atoms with E-state index in [9.17, 15) is 0 Å². The molecular weight excluding hydrogens is 324 g/mol. The van der Waals surface area contributed by atoms with Gasteiger partial charge in [-0.2, -0.15) is 0 Å². The van der Waals surface area contributed by atoms with Gasteiger partial charge in [-0.15, -0.1) is 23.7 Å². The van der Waals surface area contributed by atoms with Crippen LogP contribution < -0.4 is 5.32 Å². The molecule has 3 aromatic rings. The quantitative estimate of drug-likeness (QED) is 0.636. The van der Waals surface area contributed by atoms with Gasteiger partial charge in [0.2, 0.25) is 0 Å². The van der Waals surface area contributed by atoms with Crippen LogP contribution >= 0.6 is 23.7 Å². The standard InChI is InChI=1S/C19H16N2S.ClH/c1-13-11-17(14-7-3-2-4-8-14)22-19(13)18-15-9-5-6-10-16(15)20-12-21-18;/h2-12,18H,1H3,(H,20,21);1H. The Kier molecular flexibility index (Phi) is 4.51. The fourth-order valence-electron chi connectivity index (χ4n) is 2.85. The van der Waals surface area contributed by atoms with Crippen molar-refractivity contribution >= 4 is 35.8 Å². The molecule has 2 heterocycles. The minimum atomic E-state index is 0. The Balaban J connectivity index is 0.00000156. The number of aliphatic imine (C=N–C) groups is 1. The van der Waals surface area contributed by atoms with Crippen LogP contribution in [0.3, 0.4) is 0 Å². The van der Waals surface area contributed by atoms with Crippen LogP contribution in [-0.2, 0) is 0 Å². The first-order valence-electron chi connectivity index (χ1n) is 7.36. The summed E-state index contributed by atoms with van der Waals surface area (Å²) >= 11 is 1.84. The monoisotopic (exact) mass is 340 g/mol. The van der Waals surface area contributed by atoms with Gasteiger partial charge in [-0.05, 0) is 30.2 Å². The zero-order chi connectivity index (χ0) is 14.9. The van der Waals surface area contributed by atoms with Gasteiger partial charge < -0.3 is 5.32 Å². The van der Waals surface area contributed by atoms with Crippen LogP contribution in [0.5, 0.6) is 0 Å². The average Bonchev–Trinajstić information content (AvgIpc) is 2.97. The van der Waals surface area contributed by atoms with Gasteiger partial charge in [0.1, 0.15) is 6.04 Å². The number of hydrogen-bond acceptors (Lipinski definition) is 3. The smallest absolute Gasteiger partial charge is 0.113 e. The fourth-order valence-corrected chi connectivity index (χ4v) is 4.10. The highest BCUT2D eigenvalue weighted by Crippen LogP contribution is 2.41. The molecule has 0 fully saturated rings. The highest BCUT2D eigenvalue weighted by Gasteiger charge is 2.22. The molecule has 1 N–H and O–H groups in total. The predicted octanol–water partition coefficient (Wildman–Crippen LogP) is 5.69. The third-order valence-corrected chi connectivity index (χ3v) is 5.30. The highest BCUT2D eigenvalue weighted by molar-refractivity contribution is 7.15. The number of hydrogen-bond donors (Lipinski definition) is 1. The highest BCUT2D eigenvalue weighted by atomic mass is 35.5. The first-order valence-corrected chi connectivity index (χ1v) is 8.17. The molecule has 2 nitrogen and oxygen atoms in total. The molecule has 0 radical (unpaired) electrons. The predicted molar refractivity (Wildman–Crippen MR) is 102 cm³/mol. The lowest BCUT2D eigenvalue weighted by molar-refractivity contribution is 0.883. The normalized spacial score (nSPS) is 15.4. The Morgan fingerprint density at radius 3 is 2.57 bits per heavy atom. The van der Waals surface area contributed by atoms with Crippen molar-refractivity contribution < 1.29 is 0 Å². The molecule has 2 aromatic carbocycles. The Hall–Kier alpha value is -2.10. The largest absolute Gasteiger partial charge is 0.346 e. The maximum Gasteiger partial charge on any atom is 0.113 e. The van der Waals surface area contributed by atoms with Crippen LogP contribution in [0.2, 0.25) is 0 Å². The van der Waals surface area contributed by atoms with Crippen molar-refractivity contribution in [3.63, 3.8) is 0 Å². The molecule has 0 saturated carbocycles. The maximum absolute atomic E-state index is 4.68. The molecule has 0 spiro atoms. The zero-order valence-electron chi connectivity index (χ0n) is 12.7. The Bertz CT molecular complexity index is 840. The van der Waals surface area contributed by atoms with Gasteiger partial charge in [-0.1, -0.05) is 48.5 Å². The van der Waals surface area contributed by atoms with E-state index in [4.69, 9.17) is 0 Å². The van der Waals surface area contributed by atoms with Crippen LogP contribution in [-0.4, -0.2) is 6.34 Å². The lowest BCUT2D eigenvalue weighted by atomic mass is 10.0. The minimum absolute atomic E-state index is 0. The number of rotatable bonds is 2. The second kappa shape index (κ2) is 6.57. The van der Waals surface area contributed by atoms with Crippen molar-refractivity contribution in [2.24, 2.45) is 4.99 Å². The van der Waals surface area contributed by atoms with Crippen molar-refractivity contribution in [3.8, 4) is 10.4 Å². The number of anilines is 1. The van der Waals surface area contributed by atoms with E-state index in [1.165, 1.54) is 26.4 Å². The van der Waals surface area contributed by atoms with Gasteiger partial charge in [-0.25, -0.2) is 0 Å². The number of nitrogens with one attached hydrogen (secondary N) is 1. The van der Waals surface area contributed by atoms with Crippen LogP contribution in [0.4, 0.5) is 5.69 Å². The summed E-state index contributed by atoms with van der Waals surface area (Å²) < 4.78 is 0. The van der Waals surface area contributed by atoms with E-state index in [1.54, 1.807) is 0 Å². The van der Waals surface area contributed by atoms with Crippen molar-refractivity contribution in [1.82, 2.24) is 0 Å². The first kappa shape index (κ1) is 15.8. The van der Waals surface area contributed by atoms with Crippen molar-refractivity contribution in [3.05, 3.63) is 76.7 Å². The lowest BCUT2D eigenvalue weighted by Crippen LogP contribution is -2.10. The van der Waals surface area contributed by atoms with Gasteiger partial charge in [0.25, 0.3) is 0 Å². The van der Waals surface area contributed by atoms with E-state index < -0.39 is 0 Å². The van der Waals surface area contributed by atoms with E-state index >= 15 is 0 Å². The number of benzene rings is 2. The van der Waals surface area contributed by atoms with Crippen molar-refractivity contribution in [1.29, 1.82) is 0 Å². The number of halogens is 1. The summed E-state index contributed by atoms with van der Waals surface area (Å²) in [4.78, 5) is 7.31. The molecule has 0 saturated heterocycles. The average molecular weight is 341 g/mol. The number of fused-ring (bicyclic) bond motifs is 1. The topological polar surface area (TPSA) is 24.4 Å². The summed E-state index contributed by atoms with van der Waals surface area (Å²) in [5.74, 6) is 0. The van der Waals surface area contributed by atoms with Crippen LogP contribution in [0.1, 0.15) is 22.0 Å². The molecule has 4 rings (SSSR count). The maximum atomic E-state index is 4.68. The second-order valence-corrected chi connectivity index (χ2v) is 6.52. The molecule has 1 aliphatic heterocycles. The van der Waals surface area contributed by atoms with Crippen LogP contribution in [0, 0.1) is 6.92 Å². The van der Waals surface area contributed by atoms with E-state index in [1.807, 2.05) is 17.7 Å². The summed E-state index contributed by atoms with van der Waals surface area (Å²) in [6.45, 7) is 2.18. The van der Waals surface area contributed by atoms with Gasteiger partial charge in [-0.3, -0.25) is 4.99 Å². The van der Waals surface area contributed by atoms with E-state index in [0.717, 1.165) is 5.69 Å². The number of thiophene rings is 1. The molecule has 1 atom stereocenters. The zero-order valence-corrected chi connectivity index (χ0v) is 14.3. The summed E-state index contributed by atoms with van der Waals surface area (Å²) in [6.07, 6.45) is 1.81. The lowest BCUT2D eigenvalue weighted by Gasteiger charge is -2.20. The third kappa shape index (κ3) is 2.90. The fraction of sp³-hybridized carbons (Fsp3) is 0.105. The van der Waals surface area contributed by atoms with Crippen LogP contribution in [0.25, 0.3) is 10.4 Å². The van der Waals surface area contributed by atoms with Gasteiger partial charge in [0.15, 0.2) is 0 Å². The minimum Gasteiger partial charge on any atom is -0.346 e. The first-order chi connectivity index (χ1) is 10.8. The molecule has 1 unspecified atom stereocenters. The molecule has 0 bridgehead atoms. The molecule has 23 heavy (non-hydrogen) atoms. The summed E-state index contributed by atoms with van der Waals surface area (Å²) in [6, 6.07) is 21.3. The van der Waals surface area contributed by atoms with Gasteiger partial charge in [0, 0.05) is 21.0 Å². The van der Waals surface area contributed by atoms with Crippen molar-refractivity contribution in [2.45, 2.75) is 13.0 Å². The number of nitrogens with zero attached hydrogens (tertiary/aromatic N) is 1. The van der Waals surface area contributed by atoms with E-state index in [0.29, 0.717) is 0 Å². The molecule has 1 aromatic heterocycles. The molecular formula is C19H17ClN2S. The molecule has 1 aliphatic rings. The van der Waals surface area contributed by atoms with E-state index in [2.05, 4.69) is 77.9 Å². The summed E-state index contributed by atoms with van der Waals surface area (Å²) in [7, 11) is 0. The molecule has 116 valence electrons. The molecule has 4 heteroatoms. The van der Waals surface area contributed by atoms with E-state index in [-0.39, 0.29) is 18.4 Å². The van der Waals surface area contributed by atoms with Gasteiger partial charge >= 0.3 is 0 Å². The van der Waals surface area contributed by atoms with Crippen molar-refractivity contribution in [2.75, 3.05) is 5.32 Å². The number of aryl methyl sites for hydroxylation is 1. The Labute approximate surface area is 146 Å². The molecule has 0 amide bonds. The Morgan fingerprint density at radius 2 is 1.74 bits per heavy atom. The summed E-state index contributed by atoms with van der Waals surface area (Å²) in [5, 5.41) is 3.23. The summed E-state index contributed by atoms with van der Waals surface area (Å²) in [5.41, 5.74) is 4.97.